The number of hydrogen-bond acceptors (Lipinski definition) is 4. The number of phosphoric acid groups is 2. The van der Waals surface area contributed by atoms with Gasteiger partial charge in [0.1, 0.15) is 0 Å². The molecule has 0 aromatic heterocycles. The Morgan fingerprint density at radius 1 is 1.10 bits per heavy atom. The van der Waals surface area contributed by atoms with Crippen molar-refractivity contribution < 1.29 is 37.8 Å². The molecule has 118 valence electrons. The zero-order valence-corrected chi connectivity index (χ0v) is 13.1. The topological polar surface area (TPSA) is 134 Å². The van der Waals surface area contributed by atoms with Crippen molar-refractivity contribution in [2.24, 2.45) is 0 Å². The third-order valence-corrected chi connectivity index (χ3v) is 2.25. The summed E-state index contributed by atoms with van der Waals surface area (Å²) in [5, 5.41) is 0. The summed E-state index contributed by atoms with van der Waals surface area (Å²) in [6.07, 6.45) is 2.76. The van der Waals surface area contributed by atoms with Crippen molar-refractivity contribution in [3.63, 3.8) is 0 Å². The van der Waals surface area contributed by atoms with Gasteiger partial charge in [-0.15, -0.1) is 6.58 Å². The molecule has 0 fully saturated rings. The summed E-state index contributed by atoms with van der Waals surface area (Å²) >= 11 is 0. The Labute approximate surface area is 117 Å². The highest BCUT2D eigenvalue weighted by atomic mass is 31.2. The van der Waals surface area contributed by atoms with E-state index in [0.717, 1.165) is 11.8 Å². The molecule has 4 N–H and O–H groups in total. The van der Waals surface area contributed by atoms with E-state index in [-0.39, 0.29) is 6.61 Å². The fourth-order valence-electron chi connectivity index (χ4n) is 0.565. The highest BCUT2D eigenvalue weighted by Crippen LogP contribution is 2.36. The van der Waals surface area contributed by atoms with E-state index in [1.165, 1.54) is 6.08 Å². The number of hydrogen-bond donors (Lipinski definition) is 4. The van der Waals surface area contributed by atoms with Gasteiger partial charge in [-0.2, -0.15) is 0 Å². The van der Waals surface area contributed by atoms with Crippen molar-refractivity contribution in [2.75, 3.05) is 6.61 Å². The normalized spacial score (nSPS) is 11.7. The largest absolute Gasteiger partial charge is 0.524 e. The van der Waals surface area contributed by atoms with E-state index in [1.807, 2.05) is 0 Å². The SMILES string of the molecule is C=C(C)C=COP(=O)(O)O.C=C(C)CCOP(=O)(O)O. The quantitative estimate of drug-likeness (QED) is 0.242. The molecule has 0 aliphatic carbocycles. The first-order chi connectivity index (χ1) is 8.83. The first-order valence-electron chi connectivity index (χ1n) is 5.24. The van der Waals surface area contributed by atoms with E-state index < -0.39 is 15.6 Å². The van der Waals surface area contributed by atoms with Crippen LogP contribution in [0.25, 0.3) is 0 Å². The lowest BCUT2D eigenvalue weighted by Gasteiger charge is -2.03. The Kier molecular flexibility index (Phi) is 10.9. The van der Waals surface area contributed by atoms with E-state index in [1.54, 1.807) is 13.8 Å². The lowest BCUT2D eigenvalue weighted by atomic mass is 10.3. The molecule has 0 aliphatic rings. The third kappa shape index (κ3) is 26.0. The predicted molar refractivity (Wildman–Crippen MR) is 74.5 cm³/mol. The summed E-state index contributed by atoms with van der Waals surface area (Å²) in [7, 11) is -8.61. The van der Waals surface area contributed by atoms with E-state index in [9.17, 15) is 9.13 Å². The molecule has 0 radical (unpaired) electrons. The summed E-state index contributed by atoms with van der Waals surface area (Å²) in [5.74, 6) is 0. The fraction of sp³-hybridized carbons (Fsp3) is 0.400. The number of rotatable bonds is 7. The zero-order chi connectivity index (χ0) is 16.4. The van der Waals surface area contributed by atoms with Gasteiger partial charge in [0.2, 0.25) is 0 Å². The lowest BCUT2D eigenvalue weighted by molar-refractivity contribution is 0.199. The molecule has 0 aliphatic heterocycles. The third-order valence-electron chi connectivity index (χ3n) is 1.34. The summed E-state index contributed by atoms with van der Waals surface area (Å²) in [5.41, 5.74) is 1.50. The maximum atomic E-state index is 10.1. The van der Waals surface area contributed by atoms with E-state index in [2.05, 4.69) is 22.2 Å². The van der Waals surface area contributed by atoms with Gasteiger partial charge in [0.25, 0.3) is 0 Å². The Bertz CT molecular complexity index is 431. The second kappa shape index (κ2) is 10.1. The van der Waals surface area contributed by atoms with Gasteiger partial charge in [-0.3, -0.25) is 14.3 Å². The highest BCUT2D eigenvalue weighted by Gasteiger charge is 2.12. The van der Waals surface area contributed by atoms with Crippen LogP contribution in [-0.2, 0) is 18.2 Å². The van der Waals surface area contributed by atoms with Crippen molar-refractivity contribution in [1.82, 2.24) is 0 Å². The van der Waals surface area contributed by atoms with Crippen LogP contribution in [-0.4, -0.2) is 26.2 Å². The molecule has 0 rings (SSSR count). The molecule has 0 bridgehead atoms. The minimum atomic E-state index is -4.35. The van der Waals surface area contributed by atoms with Crippen molar-refractivity contribution in [2.45, 2.75) is 20.3 Å². The van der Waals surface area contributed by atoms with E-state index in [0.29, 0.717) is 12.0 Å². The maximum Gasteiger partial charge on any atom is 0.524 e. The van der Waals surface area contributed by atoms with Crippen LogP contribution in [0.5, 0.6) is 0 Å². The first kappa shape index (κ1) is 21.6. The van der Waals surface area contributed by atoms with Crippen LogP contribution < -0.4 is 0 Å². The Morgan fingerprint density at radius 3 is 1.90 bits per heavy atom. The Hall–Kier alpha value is -0.720. The summed E-state index contributed by atoms with van der Waals surface area (Å²) < 4.78 is 28.2. The van der Waals surface area contributed by atoms with Crippen molar-refractivity contribution in [3.8, 4) is 0 Å². The Balaban J connectivity index is 0. The molecule has 0 saturated heterocycles. The van der Waals surface area contributed by atoms with Crippen LogP contribution in [0.1, 0.15) is 20.3 Å². The van der Waals surface area contributed by atoms with Crippen LogP contribution in [0.15, 0.2) is 36.6 Å². The minimum absolute atomic E-state index is 0.0274. The Morgan fingerprint density at radius 2 is 1.60 bits per heavy atom. The number of allylic oxidation sites excluding steroid dienone is 2. The molecule has 0 atom stereocenters. The van der Waals surface area contributed by atoms with Gasteiger partial charge in [-0.25, -0.2) is 9.13 Å². The van der Waals surface area contributed by atoms with E-state index >= 15 is 0 Å². The molecule has 0 aromatic rings. The predicted octanol–water partition coefficient (Wildman–Crippen LogP) is 2.25. The summed E-state index contributed by atoms with van der Waals surface area (Å²) in [6.45, 7) is 10.5. The van der Waals surface area contributed by atoms with Crippen LogP contribution in [0.4, 0.5) is 0 Å². The zero-order valence-electron chi connectivity index (χ0n) is 11.3. The smallest absolute Gasteiger partial charge is 0.412 e. The molecule has 0 amide bonds. The van der Waals surface area contributed by atoms with E-state index in [4.69, 9.17) is 19.6 Å². The van der Waals surface area contributed by atoms with Gasteiger partial charge in [0, 0.05) is 0 Å². The van der Waals surface area contributed by atoms with Crippen LogP contribution >= 0.6 is 15.6 Å². The molecule has 0 unspecified atom stereocenters. The van der Waals surface area contributed by atoms with Gasteiger partial charge in [0.15, 0.2) is 0 Å². The first-order valence-corrected chi connectivity index (χ1v) is 8.30. The molecule has 20 heavy (non-hydrogen) atoms. The van der Waals surface area contributed by atoms with Crippen LogP contribution in [0.3, 0.4) is 0 Å². The molecule has 0 heterocycles. The van der Waals surface area contributed by atoms with Gasteiger partial charge < -0.3 is 14.3 Å². The highest BCUT2D eigenvalue weighted by molar-refractivity contribution is 7.46. The molecule has 0 spiro atoms. The average molecular weight is 330 g/mol. The summed E-state index contributed by atoms with van der Waals surface area (Å²) in [6, 6.07) is 0. The van der Waals surface area contributed by atoms with Gasteiger partial charge >= 0.3 is 15.6 Å². The molecule has 8 nitrogen and oxygen atoms in total. The lowest BCUT2D eigenvalue weighted by Crippen LogP contribution is -1.91. The van der Waals surface area contributed by atoms with Crippen molar-refractivity contribution in [3.05, 3.63) is 36.6 Å². The minimum Gasteiger partial charge on any atom is -0.412 e. The second-order valence-corrected chi connectivity index (χ2v) is 6.21. The fourth-order valence-corrected chi connectivity index (χ4v) is 1.11. The van der Waals surface area contributed by atoms with Gasteiger partial charge in [0.05, 0.1) is 12.9 Å². The van der Waals surface area contributed by atoms with Gasteiger partial charge in [-0.05, 0) is 26.3 Å². The number of phosphoric ester groups is 2. The van der Waals surface area contributed by atoms with Gasteiger partial charge in [-0.1, -0.05) is 17.7 Å². The average Bonchev–Trinajstić information content (AvgIpc) is 2.12. The van der Waals surface area contributed by atoms with Crippen molar-refractivity contribution >= 4 is 15.6 Å². The summed E-state index contributed by atoms with van der Waals surface area (Å²) in [4.78, 5) is 32.7. The molecule has 0 aromatic carbocycles. The standard InChI is InChI=1S/C5H11O4P.C5H9O4P/c2*1-5(2)3-4-9-10(6,7)8/h1,3-4H2,2H3,(H2,6,7,8);3-4H,1H2,2H3,(H2,6,7,8). The monoisotopic (exact) mass is 330 g/mol. The molecular weight excluding hydrogens is 310 g/mol. The molecule has 0 saturated carbocycles. The molecular formula is C10H20O8P2. The van der Waals surface area contributed by atoms with Crippen molar-refractivity contribution in [1.29, 1.82) is 0 Å². The molecule has 10 heteroatoms. The maximum absolute atomic E-state index is 10.1. The van der Waals surface area contributed by atoms with Crippen LogP contribution in [0, 0.1) is 0 Å². The van der Waals surface area contributed by atoms with Crippen LogP contribution in [0.2, 0.25) is 0 Å². The second-order valence-electron chi connectivity index (χ2n) is 3.78.